The second-order valence-corrected chi connectivity index (χ2v) is 6.69. The summed E-state index contributed by atoms with van der Waals surface area (Å²) in [5, 5.41) is 13.7. The zero-order valence-corrected chi connectivity index (χ0v) is 14.9. The maximum atomic E-state index is 12.9. The molecule has 4 rings (SSSR count). The van der Waals surface area contributed by atoms with Crippen LogP contribution in [0.2, 0.25) is 0 Å². The molecule has 0 aliphatic carbocycles. The molecule has 7 heteroatoms. The fourth-order valence-electron chi connectivity index (χ4n) is 3.63. The zero-order chi connectivity index (χ0) is 18.4. The summed E-state index contributed by atoms with van der Waals surface area (Å²) in [6, 6.07) is 9.64. The van der Waals surface area contributed by atoms with Crippen molar-refractivity contribution in [3.63, 3.8) is 0 Å². The van der Waals surface area contributed by atoms with Crippen LogP contribution in [0.3, 0.4) is 0 Å². The molecule has 7 nitrogen and oxygen atoms in total. The number of carbonyl (C=O) groups is 1. The SMILES string of the molecule is Cc1cc(C)n2nc(CC(=O)N3c4cccc(C#N)c4CC3C)nc2n1. The largest absolute Gasteiger partial charge is 0.309 e. The lowest BCUT2D eigenvalue weighted by molar-refractivity contribution is -0.118. The van der Waals surface area contributed by atoms with E-state index in [-0.39, 0.29) is 18.4 Å². The van der Waals surface area contributed by atoms with E-state index in [0.717, 1.165) is 22.6 Å². The van der Waals surface area contributed by atoms with Crippen molar-refractivity contribution in [3.8, 4) is 6.07 Å². The van der Waals surface area contributed by atoms with E-state index in [1.165, 1.54) is 0 Å². The minimum atomic E-state index is -0.0726. The molecule has 0 saturated carbocycles. The van der Waals surface area contributed by atoms with Gasteiger partial charge in [0.05, 0.1) is 18.1 Å². The normalized spacial score (nSPS) is 15.9. The second-order valence-electron chi connectivity index (χ2n) is 6.69. The molecule has 0 bridgehead atoms. The van der Waals surface area contributed by atoms with Crippen LogP contribution in [0.5, 0.6) is 0 Å². The van der Waals surface area contributed by atoms with Gasteiger partial charge in [-0.05, 0) is 51.0 Å². The van der Waals surface area contributed by atoms with Gasteiger partial charge in [-0.25, -0.2) is 9.50 Å². The van der Waals surface area contributed by atoms with Gasteiger partial charge in [0, 0.05) is 23.1 Å². The highest BCUT2D eigenvalue weighted by atomic mass is 16.2. The molecular weight excluding hydrogens is 328 g/mol. The van der Waals surface area contributed by atoms with E-state index in [0.29, 0.717) is 23.6 Å². The number of anilines is 1. The maximum absolute atomic E-state index is 12.9. The zero-order valence-electron chi connectivity index (χ0n) is 14.9. The van der Waals surface area contributed by atoms with Crippen LogP contribution in [-0.2, 0) is 17.6 Å². The third kappa shape index (κ3) is 2.51. The molecule has 0 radical (unpaired) electrons. The fraction of sp³-hybridized carbons (Fsp3) is 0.316. The lowest BCUT2D eigenvalue weighted by Crippen LogP contribution is -2.37. The molecule has 1 amide bonds. The van der Waals surface area contributed by atoms with Gasteiger partial charge < -0.3 is 4.90 Å². The summed E-state index contributed by atoms with van der Waals surface area (Å²) in [6.07, 6.45) is 0.783. The second kappa shape index (κ2) is 5.92. The number of benzene rings is 1. The Morgan fingerprint density at radius 1 is 1.35 bits per heavy atom. The van der Waals surface area contributed by atoms with E-state index in [1.807, 2.05) is 39.0 Å². The fourth-order valence-corrected chi connectivity index (χ4v) is 3.63. The van der Waals surface area contributed by atoms with E-state index >= 15 is 0 Å². The molecule has 3 aromatic rings. The van der Waals surface area contributed by atoms with Gasteiger partial charge >= 0.3 is 0 Å². The Hall–Kier alpha value is -3.27. The summed E-state index contributed by atoms with van der Waals surface area (Å²) < 4.78 is 1.66. The van der Waals surface area contributed by atoms with E-state index < -0.39 is 0 Å². The summed E-state index contributed by atoms with van der Waals surface area (Å²) in [7, 11) is 0. The number of hydrogen-bond donors (Lipinski definition) is 0. The summed E-state index contributed by atoms with van der Waals surface area (Å²) in [4.78, 5) is 23.5. The van der Waals surface area contributed by atoms with Gasteiger partial charge in [-0.1, -0.05) is 6.07 Å². The first-order valence-corrected chi connectivity index (χ1v) is 8.52. The van der Waals surface area contributed by atoms with Gasteiger partial charge in [-0.2, -0.15) is 10.2 Å². The molecule has 2 aromatic heterocycles. The molecule has 1 unspecified atom stereocenters. The van der Waals surface area contributed by atoms with Crippen LogP contribution in [0.15, 0.2) is 24.3 Å². The summed E-state index contributed by atoms with van der Waals surface area (Å²) in [5.41, 5.74) is 4.18. The van der Waals surface area contributed by atoms with Gasteiger partial charge in [-0.15, -0.1) is 5.10 Å². The number of carbonyl (C=O) groups excluding carboxylic acids is 1. The third-order valence-electron chi connectivity index (χ3n) is 4.71. The number of hydrogen-bond acceptors (Lipinski definition) is 5. The lowest BCUT2D eigenvalue weighted by atomic mass is 10.0. The molecule has 3 heterocycles. The molecular formula is C19H18N6O. The van der Waals surface area contributed by atoms with Gasteiger partial charge in [0.2, 0.25) is 5.91 Å². The highest BCUT2D eigenvalue weighted by Gasteiger charge is 2.32. The van der Waals surface area contributed by atoms with E-state index in [4.69, 9.17) is 0 Å². The molecule has 0 saturated heterocycles. The number of rotatable bonds is 2. The minimum absolute atomic E-state index is 0.00568. The van der Waals surface area contributed by atoms with E-state index in [2.05, 4.69) is 21.1 Å². The number of fused-ring (bicyclic) bond motifs is 2. The summed E-state index contributed by atoms with van der Waals surface area (Å²) in [5.74, 6) is 0.886. The first-order valence-electron chi connectivity index (χ1n) is 8.52. The third-order valence-corrected chi connectivity index (χ3v) is 4.71. The van der Waals surface area contributed by atoms with Crippen LogP contribution >= 0.6 is 0 Å². The minimum Gasteiger partial charge on any atom is -0.309 e. The Morgan fingerprint density at radius 2 is 2.15 bits per heavy atom. The molecule has 1 aliphatic rings. The molecule has 0 spiro atoms. The van der Waals surface area contributed by atoms with Crippen LogP contribution < -0.4 is 4.90 Å². The van der Waals surface area contributed by atoms with Gasteiger partial charge in [0.1, 0.15) is 0 Å². The number of nitrogens with zero attached hydrogens (tertiary/aromatic N) is 6. The maximum Gasteiger partial charge on any atom is 0.252 e. The molecule has 1 aliphatic heterocycles. The topological polar surface area (TPSA) is 87.2 Å². The van der Waals surface area contributed by atoms with Crippen molar-refractivity contribution in [1.82, 2.24) is 19.6 Å². The van der Waals surface area contributed by atoms with Gasteiger partial charge in [0.25, 0.3) is 5.78 Å². The van der Waals surface area contributed by atoms with Crippen molar-refractivity contribution in [2.45, 2.75) is 39.7 Å². The highest BCUT2D eigenvalue weighted by molar-refractivity contribution is 5.97. The van der Waals surface area contributed by atoms with E-state index in [1.54, 1.807) is 15.5 Å². The smallest absolute Gasteiger partial charge is 0.252 e. The number of aromatic nitrogens is 4. The van der Waals surface area contributed by atoms with Crippen LogP contribution in [0, 0.1) is 25.2 Å². The quantitative estimate of drug-likeness (QED) is 0.709. The Labute approximate surface area is 150 Å². The predicted octanol–water partition coefficient (Wildman–Crippen LogP) is 2.13. The molecule has 1 atom stereocenters. The highest BCUT2D eigenvalue weighted by Crippen LogP contribution is 2.34. The molecule has 0 N–H and O–H groups in total. The Kier molecular flexibility index (Phi) is 3.69. The predicted molar refractivity (Wildman–Crippen MR) is 95.8 cm³/mol. The van der Waals surface area contributed by atoms with Gasteiger partial charge in [-0.3, -0.25) is 4.79 Å². The number of aryl methyl sites for hydroxylation is 2. The average molecular weight is 346 g/mol. The van der Waals surface area contributed by atoms with Crippen LogP contribution in [0.25, 0.3) is 5.78 Å². The van der Waals surface area contributed by atoms with Crippen LogP contribution in [-0.4, -0.2) is 31.5 Å². The van der Waals surface area contributed by atoms with Crippen molar-refractivity contribution >= 4 is 17.4 Å². The Balaban J connectivity index is 1.66. The Bertz CT molecular complexity index is 1080. The molecule has 130 valence electrons. The van der Waals surface area contributed by atoms with Crippen molar-refractivity contribution in [2.24, 2.45) is 0 Å². The number of amides is 1. The standard InChI is InChI=1S/C19H18N6O/c1-11-7-13(3)25-19(21-11)22-17(23-25)9-18(26)24-12(2)8-15-14(10-20)5-4-6-16(15)24/h4-7,12H,8-9H2,1-3H3. The molecule has 1 aromatic carbocycles. The molecule has 26 heavy (non-hydrogen) atoms. The molecule has 0 fully saturated rings. The van der Waals surface area contributed by atoms with Crippen molar-refractivity contribution < 1.29 is 4.79 Å². The first-order chi connectivity index (χ1) is 12.5. The number of nitriles is 1. The summed E-state index contributed by atoms with van der Waals surface area (Å²) >= 11 is 0. The van der Waals surface area contributed by atoms with E-state index in [9.17, 15) is 10.1 Å². The lowest BCUT2D eigenvalue weighted by Gasteiger charge is -2.22. The summed E-state index contributed by atoms with van der Waals surface area (Å²) in [6.45, 7) is 5.83. The van der Waals surface area contributed by atoms with Crippen molar-refractivity contribution in [3.05, 3.63) is 52.6 Å². The monoisotopic (exact) mass is 346 g/mol. The first kappa shape index (κ1) is 16.2. The van der Waals surface area contributed by atoms with Gasteiger partial charge in [0.15, 0.2) is 5.82 Å². The average Bonchev–Trinajstić information content (AvgIpc) is 3.14. The van der Waals surface area contributed by atoms with Crippen LogP contribution in [0.1, 0.15) is 35.3 Å². The Morgan fingerprint density at radius 3 is 2.92 bits per heavy atom. The van der Waals surface area contributed by atoms with Crippen LogP contribution in [0.4, 0.5) is 5.69 Å². The van der Waals surface area contributed by atoms with Crippen molar-refractivity contribution in [1.29, 1.82) is 5.26 Å². The van der Waals surface area contributed by atoms with Crippen molar-refractivity contribution in [2.75, 3.05) is 4.90 Å².